The molecule has 0 saturated carbocycles. The number of anilines is 3. The molecule has 0 atom stereocenters. The van der Waals surface area contributed by atoms with E-state index in [1.165, 1.54) is 60.8 Å². The van der Waals surface area contributed by atoms with Gasteiger partial charge in [-0.3, -0.25) is 0 Å². The molecule has 2 nitrogen and oxygen atoms in total. The van der Waals surface area contributed by atoms with Gasteiger partial charge >= 0.3 is 0 Å². The van der Waals surface area contributed by atoms with E-state index in [1.807, 2.05) is 0 Å². The Hall–Kier alpha value is -8.20. The molecule has 10 aromatic carbocycles. The number of hydrogen-bond donors (Lipinski definition) is 0. The van der Waals surface area contributed by atoms with Gasteiger partial charge in [0.05, 0.1) is 22.4 Å². The zero-order valence-corrected chi connectivity index (χ0v) is 34.1. The molecule has 292 valence electrons. The van der Waals surface area contributed by atoms with Crippen LogP contribution in [0, 0.1) is 0 Å². The Kier molecular flexibility index (Phi) is 9.57. The van der Waals surface area contributed by atoms with Crippen LogP contribution in [-0.4, -0.2) is 4.57 Å². The first kappa shape index (κ1) is 36.8. The van der Waals surface area contributed by atoms with Crippen molar-refractivity contribution >= 4 is 38.9 Å². The lowest BCUT2D eigenvalue weighted by molar-refractivity contribution is 1.17. The molecular formula is C60H42N2. The number of rotatable bonds is 9. The maximum Gasteiger partial charge on any atom is 0.0541 e. The van der Waals surface area contributed by atoms with Gasteiger partial charge in [-0.1, -0.05) is 206 Å². The molecule has 1 heterocycles. The summed E-state index contributed by atoms with van der Waals surface area (Å²) in [6.45, 7) is 0. The summed E-state index contributed by atoms with van der Waals surface area (Å²) < 4.78 is 2.38. The number of aromatic nitrogens is 1. The maximum atomic E-state index is 2.45. The van der Waals surface area contributed by atoms with E-state index in [-0.39, 0.29) is 0 Å². The third-order valence-corrected chi connectivity index (χ3v) is 12.1. The van der Waals surface area contributed by atoms with Crippen LogP contribution in [-0.2, 0) is 0 Å². The molecule has 2 heteroatoms. The van der Waals surface area contributed by atoms with Gasteiger partial charge in [-0.2, -0.15) is 0 Å². The van der Waals surface area contributed by atoms with Crippen LogP contribution in [0.25, 0.3) is 83.1 Å². The Bertz CT molecular complexity index is 3270. The first-order valence-electron chi connectivity index (χ1n) is 21.3. The molecule has 0 unspecified atom stereocenters. The maximum absolute atomic E-state index is 2.45. The van der Waals surface area contributed by atoms with Crippen molar-refractivity contribution in [2.24, 2.45) is 0 Å². The van der Waals surface area contributed by atoms with Crippen LogP contribution in [0.4, 0.5) is 17.1 Å². The standard InChI is InChI=1S/C60H42N2/c1-3-19-43(20-4-1)44-35-37-46(38-36-44)50-24-11-15-31-57(50)61(47-39-41-48(42-40-47)62-59-33-17-13-29-55(59)56-30-14-18-34-60(56)62)58-32-16-12-28-54(58)53-27-10-9-26-52(53)51-25-8-7-23-49(51)45-21-5-2-6-22-45/h1-42H. The van der Waals surface area contributed by atoms with E-state index in [1.54, 1.807) is 0 Å². The van der Waals surface area contributed by atoms with Crippen molar-refractivity contribution in [2.75, 3.05) is 4.90 Å². The summed E-state index contributed by atoms with van der Waals surface area (Å²) in [5.74, 6) is 0. The van der Waals surface area contributed by atoms with E-state index in [2.05, 4.69) is 264 Å². The van der Waals surface area contributed by atoms with Crippen molar-refractivity contribution in [3.8, 4) is 61.3 Å². The van der Waals surface area contributed by atoms with Gasteiger partial charge in [0, 0.05) is 33.3 Å². The van der Waals surface area contributed by atoms with E-state index in [0.717, 1.165) is 39.4 Å². The molecule has 0 aliphatic heterocycles. The number of hydrogen-bond acceptors (Lipinski definition) is 1. The SMILES string of the molecule is c1ccc(-c2ccc(-c3ccccc3N(c3ccc(-n4c5ccccc5c5ccccc54)cc3)c3ccccc3-c3ccccc3-c3ccccc3-c3ccccc3)cc2)cc1. The van der Waals surface area contributed by atoms with Crippen LogP contribution in [0.2, 0.25) is 0 Å². The Morgan fingerprint density at radius 1 is 0.242 bits per heavy atom. The van der Waals surface area contributed by atoms with Crippen molar-refractivity contribution in [1.82, 2.24) is 4.57 Å². The summed E-state index contributed by atoms with van der Waals surface area (Å²) >= 11 is 0. The minimum Gasteiger partial charge on any atom is -0.309 e. The molecular weight excluding hydrogens is 749 g/mol. The molecule has 1 aromatic heterocycles. The zero-order chi connectivity index (χ0) is 41.2. The third-order valence-electron chi connectivity index (χ3n) is 12.1. The average molecular weight is 791 g/mol. The van der Waals surface area contributed by atoms with Gasteiger partial charge in [-0.05, 0) is 93.0 Å². The minimum absolute atomic E-state index is 1.07. The van der Waals surface area contributed by atoms with Gasteiger partial charge in [0.2, 0.25) is 0 Å². The van der Waals surface area contributed by atoms with Crippen molar-refractivity contribution in [3.05, 3.63) is 255 Å². The van der Waals surface area contributed by atoms with Gasteiger partial charge in [-0.15, -0.1) is 0 Å². The molecule has 0 fully saturated rings. The zero-order valence-electron chi connectivity index (χ0n) is 34.1. The summed E-state index contributed by atoms with van der Waals surface area (Å²) in [7, 11) is 0. The van der Waals surface area contributed by atoms with E-state index in [4.69, 9.17) is 0 Å². The smallest absolute Gasteiger partial charge is 0.0541 e. The fourth-order valence-electron chi connectivity index (χ4n) is 9.18. The van der Waals surface area contributed by atoms with E-state index < -0.39 is 0 Å². The van der Waals surface area contributed by atoms with Crippen molar-refractivity contribution in [1.29, 1.82) is 0 Å². The highest BCUT2D eigenvalue weighted by Crippen LogP contribution is 2.47. The minimum atomic E-state index is 1.07. The van der Waals surface area contributed by atoms with Gasteiger partial charge in [-0.25, -0.2) is 0 Å². The first-order chi connectivity index (χ1) is 30.8. The molecule has 0 N–H and O–H groups in total. The summed E-state index contributed by atoms with van der Waals surface area (Å²) in [5.41, 5.74) is 18.6. The topological polar surface area (TPSA) is 8.17 Å². The lowest BCUT2D eigenvalue weighted by Crippen LogP contribution is -2.12. The Balaban J connectivity index is 1.10. The van der Waals surface area contributed by atoms with Crippen LogP contribution in [0.1, 0.15) is 0 Å². The Morgan fingerprint density at radius 2 is 0.613 bits per heavy atom. The van der Waals surface area contributed by atoms with Gasteiger partial charge in [0.15, 0.2) is 0 Å². The van der Waals surface area contributed by atoms with E-state index in [9.17, 15) is 0 Å². The van der Waals surface area contributed by atoms with E-state index >= 15 is 0 Å². The Morgan fingerprint density at radius 3 is 1.21 bits per heavy atom. The summed E-state index contributed by atoms with van der Waals surface area (Å²) in [6, 6.07) is 92.1. The highest BCUT2D eigenvalue weighted by molar-refractivity contribution is 6.09. The molecule has 0 radical (unpaired) electrons. The molecule has 0 amide bonds. The molecule has 0 saturated heterocycles. The predicted molar refractivity (Wildman–Crippen MR) is 263 cm³/mol. The lowest BCUT2D eigenvalue weighted by Gasteiger charge is -2.30. The number of nitrogens with zero attached hydrogens (tertiary/aromatic N) is 2. The van der Waals surface area contributed by atoms with Crippen LogP contribution >= 0.6 is 0 Å². The quantitative estimate of drug-likeness (QED) is 0.141. The van der Waals surface area contributed by atoms with Gasteiger partial charge < -0.3 is 9.47 Å². The monoisotopic (exact) mass is 790 g/mol. The molecule has 62 heavy (non-hydrogen) atoms. The molecule has 0 aliphatic carbocycles. The highest BCUT2D eigenvalue weighted by atomic mass is 15.1. The van der Waals surface area contributed by atoms with Crippen molar-refractivity contribution in [3.63, 3.8) is 0 Å². The first-order valence-corrected chi connectivity index (χ1v) is 21.3. The molecule has 0 spiro atoms. The molecule has 0 bridgehead atoms. The fourth-order valence-corrected chi connectivity index (χ4v) is 9.18. The van der Waals surface area contributed by atoms with Crippen LogP contribution in [0.5, 0.6) is 0 Å². The van der Waals surface area contributed by atoms with Crippen LogP contribution in [0.3, 0.4) is 0 Å². The molecule has 11 rings (SSSR count). The predicted octanol–water partition coefficient (Wildman–Crippen LogP) is 16.6. The molecule has 11 aromatic rings. The van der Waals surface area contributed by atoms with E-state index in [0.29, 0.717) is 0 Å². The normalized spacial score (nSPS) is 11.2. The average Bonchev–Trinajstić information content (AvgIpc) is 3.70. The second kappa shape index (κ2) is 16.1. The second-order valence-corrected chi connectivity index (χ2v) is 15.7. The highest BCUT2D eigenvalue weighted by Gasteiger charge is 2.23. The Labute approximate surface area is 362 Å². The van der Waals surface area contributed by atoms with Gasteiger partial charge in [0.1, 0.15) is 0 Å². The second-order valence-electron chi connectivity index (χ2n) is 15.7. The van der Waals surface area contributed by atoms with Gasteiger partial charge in [0.25, 0.3) is 0 Å². The summed E-state index contributed by atoms with van der Waals surface area (Å²) in [6.07, 6.45) is 0. The largest absolute Gasteiger partial charge is 0.309 e. The number of benzene rings is 10. The fraction of sp³-hybridized carbons (Fsp3) is 0. The van der Waals surface area contributed by atoms with Crippen LogP contribution < -0.4 is 4.90 Å². The summed E-state index contributed by atoms with van der Waals surface area (Å²) in [5, 5.41) is 2.50. The number of para-hydroxylation sites is 4. The summed E-state index contributed by atoms with van der Waals surface area (Å²) in [4.78, 5) is 2.45. The van der Waals surface area contributed by atoms with Crippen molar-refractivity contribution in [2.45, 2.75) is 0 Å². The third kappa shape index (κ3) is 6.65. The molecule has 0 aliphatic rings. The lowest BCUT2D eigenvalue weighted by atomic mass is 9.88. The van der Waals surface area contributed by atoms with Crippen molar-refractivity contribution < 1.29 is 0 Å². The van der Waals surface area contributed by atoms with Crippen LogP contribution in [0.15, 0.2) is 255 Å². The number of fused-ring (bicyclic) bond motifs is 3.